The molecular formula is C35H30N2O11. The maximum absolute atomic E-state index is 14.6. The molecule has 3 aromatic rings. The quantitative estimate of drug-likeness (QED) is 0.258. The van der Waals surface area contributed by atoms with Gasteiger partial charge in [0, 0.05) is 17.1 Å². The van der Waals surface area contributed by atoms with Gasteiger partial charge in [-0.15, -0.1) is 0 Å². The summed E-state index contributed by atoms with van der Waals surface area (Å²) in [6, 6.07) is 11.1. The van der Waals surface area contributed by atoms with E-state index in [2.05, 4.69) is 0 Å². The third kappa shape index (κ3) is 3.94. The third-order valence-electron chi connectivity index (χ3n) is 10.1. The van der Waals surface area contributed by atoms with Gasteiger partial charge in [0.2, 0.25) is 19.4 Å². The van der Waals surface area contributed by atoms with Crippen LogP contribution in [-0.4, -0.2) is 82.1 Å². The monoisotopic (exact) mass is 654 g/mol. The zero-order valence-corrected chi connectivity index (χ0v) is 25.8. The number of phenols is 1. The Bertz CT molecular complexity index is 2070. The molecule has 0 spiro atoms. The van der Waals surface area contributed by atoms with E-state index in [-0.39, 0.29) is 48.9 Å². The molecule has 0 radical (unpaired) electrons. The number of allylic oxidation sites excluding steroid dienone is 1. The Kier molecular flexibility index (Phi) is 6.36. The van der Waals surface area contributed by atoms with Crippen molar-refractivity contribution in [1.82, 2.24) is 4.90 Å². The highest BCUT2D eigenvalue weighted by Crippen LogP contribution is 2.55. The van der Waals surface area contributed by atoms with Crippen molar-refractivity contribution in [2.45, 2.75) is 24.5 Å². The highest BCUT2D eigenvalue weighted by Gasteiger charge is 2.63. The largest absolute Gasteiger partial charge is 0.510 e. The van der Waals surface area contributed by atoms with Crippen molar-refractivity contribution in [2.24, 2.45) is 17.6 Å². The zero-order chi connectivity index (χ0) is 33.8. The van der Waals surface area contributed by atoms with Crippen LogP contribution in [0.25, 0.3) is 22.3 Å². The highest BCUT2D eigenvalue weighted by atomic mass is 16.7. The summed E-state index contributed by atoms with van der Waals surface area (Å²) < 4.78 is 22.1. The SMILES string of the molecule is CN(C)[C@H]1C(O)=C(C(N)=O)C(=O)[C@@]2(O)C(O)=C3C(=O)c4c(O)c(-c5ccc6c(c5)OCO6)cc(-c5ccc6c(c5)OCO6)c4C[C@H]3C[C@@H]12. The number of phenolic OH excluding ortho intramolecular Hbond substituents is 1. The van der Waals surface area contributed by atoms with E-state index in [1.165, 1.54) is 4.90 Å². The zero-order valence-electron chi connectivity index (χ0n) is 25.8. The van der Waals surface area contributed by atoms with Gasteiger partial charge in [-0.2, -0.15) is 0 Å². The van der Waals surface area contributed by atoms with Gasteiger partial charge in [0.15, 0.2) is 34.4 Å². The van der Waals surface area contributed by atoms with Crippen LogP contribution in [0.2, 0.25) is 0 Å². The van der Waals surface area contributed by atoms with Gasteiger partial charge in [0.05, 0.1) is 11.6 Å². The molecule has 246 valence electrons. The van der Waals surface area contributed by atoms with Gasteiger partial charge in [0.1, 0.15) is 22.8 Å². The summed E-state index contributed by atoms with van der Waals surface area (Å²) in [5.74, 6) is -5.14. The molecule has 1 amide bonds. The van der Waals surface area contributed by atoms with E-state index < -0.39 is 58.0 Å². The molecule has 13 nitrogen and oxygen atoms in total. The van der Waals surface area contributed by atoms with E-state index in [0.717, 1.165) is 0 Å². The second kappa shape index (κ2) is 10.2. The van der Waals surface area contributed by atoms with Crippen molar-refractivity contribution in [3.05, 3.63) is 76.3 Å². The molecule has 6 N–H and O–H groups in total. The van der Waals surface area contributed by atoms with Gasteiger partial charge in [-0.05, 0) is 85.4 Å². The number of ketones is 2. The number of aliphatic hydroxyl groups excluding tert-OH is 2. The highest BCUT2D eigenvalue weighted by molar-refractivity contribution is 6.25. The Hall–Kier alpha value is -5.53. The average molecular weight is 655 g/mol. The lowest BCUT2D eigenvalue weighted by molar-refractivity contribution is -0.148. The molecule has 4 atom stereocenters. The van der Waals surface area contributed by atoms with Crippen LogP contribution in [0.1, 0.15) is 22.3 Å². The van der Waals surface area contributed by atoms with E-state index in [1.54, 1.807) is 50.5 Å². The van der Waals surface area contributed by atoms with Crippen molar-refractivity contribution in [3.8, 4) is 51.0 Å². The van der Waals surface area contributed by atoms with Crippen LogP contribution in [0.3, 0.4) is 0 Å². The second-order valence-corrected chi connectivity index (χ2v) is 12.8. The van der Waals surface area contributed by atoms with Crippen LogP contribution in [-0.2, 0) is 16.0 Å². The van der Waals surface area contributed by atoms with Gasteiger partial charge in [-0.3, -0.25) is 19.3 Å². The molecule has 8 rings (SSSR count). The molecule has 48 heavy (non-hydrogen) atoms. The first kappa shape index (κ1) is 29.8. The number of hydrogen-bond acceptors (Lipinski definition) is 12. The first-order valence-electron chi connectivity index (χ1n) is 15.3. The molecule has 13 heteroatoms. The number of aliphatic hydroxyl groups is 3. The molecule has 3 aliphatic carbocycles. The standard InChI is InChI=1S/C35H30N2O11/c1-37(2)28-20-8-16-7-19-17(14-3-5-21-23(9-14)47-12-45-21)11-18(15-4-6-22-24(10-15)48-13-46-22)29(38)26(19)30(39)25(16)32(41)35(20,44)33(42)27(31(28)40)34(36)43/h3-6,9-11,16,20,28,38,40-41,44H,7-8,12-13H2,1-2H3,(H2,36,43)/t16-,20-,28+,35-/m0/s1. The molecule has 2 heterocycles. The Morgan fingerprint density at radius 1 is 0.875 bits per heavy atom. The van der Waals surface area contributed by atoms with Gasteiger partial charge in [-0.25, -0.2) is 0 Å². The van der Waals surface area contributed by atoms with Crippen molar-refractivity contribution < 1.29 is 53.8 Å². The summed E-state index contributed by atoms with van der Waals surface area (Å²) in [6.45, 7) is 0.0875. The van der Waals surface area contributed by atoms with Crippen LogP contribution in [0.5, 0.6) is 28.7 Å². The van der Waals surface area contributed by atoms with Crippen molar-refractivity contribution in [2.75, 3.05) is 27.7 Å². The summed E-state index contributed by atoms with van der Waals surface area (Å²) in [4.78, 5) is 42.1. The van der Waals surface area contributed by atoms with Gasteiger partial charge >= 0.3 is 0 Å². The molecule has 0 fully saturated rings. The first-order chi connectivity index (χ1) is 22.9. The number of benzene rings is 3. The number of carbonyl (C=O) groups is 3. The van der Waals surface area contributed by atoms with E-state index in [9.17, 15) is 34.8 Å². The van der Waals surface area contributed by atoms with Gasteiger partial charge < -0.3 is 45.1 Å². The number of likely N-dealkylation sites (N-methyl/N-ethyl adjacent to an activating group) is 1. The van der Waals surface area contributed by atoms with Crippen molar-refractivity contribution in [1.29, 1.82) is 0 Å². The maximum atomic E-state index is 14.6. The Morgan fingerprint density at radius 2 is 1.46 bits per heavy atom. The lowest BCUT2D eigenvalue weighted by Gasteiger charge is -2.50. The summed E-state index contributed by atoms with van der Waals surface area (Å²) in [5.41, 5.74) is 4.04. The van der Waals surface area contributed by atoms with Crippen molar-refractivity contribution >= 4 is 17.5 Å². The topological polar surface area (TPSA) is 198 Å². The van der Waals surface area contributed by atoms with Crippen LogP contribution in [0.15, 0.2) is 65.1 Å². The van der Waals surface area contributed by atoms with E-state index in [4.69, 9.17) is 24.7 Å². The molecule has 2 aliphatic heterocycles. The fourth-order valence-electron chi connectivity index (χ4n) is 7.92. The second-order valence-electron chi connectivity index (χ2n) is 12.8. The number of amides is 1. The third-order valence-corrected chi connectivity index (χ3v) is 10.1. The molecule has 0 unspecified atom stereocenters. The lowest BCUT2D eigenvalue weighted by atomic mass is 9.58. The minimum Gasteiger partial charge on any atom is -0.510 e. The fourth-order valence-corrected chi connectivity index (χ4v) is 7.92. The molecule has 0 aromatic heterocycles. The van der Waals surface area contributed by atoms with Crippen LogP contribution in [0, 0.1) is 11.8 Å². The number of fused-ring (bicyclic) bond motifs is 5. The number of ether oxygens (including phenoxy) is 4. The van der Waals surface area contributed by atoms with E-state index >= 15 is 0 Å². The number of aromatic hydroxyl groups is 1. The van der Waals surface area contributed by atoms with Crippen LogP contribution < -0.4 is 24.7 Å². The van der Waals surface area contributed by atoms with E-state index in [0.29, 0.717) is 45.3 Å². The maximum Gasteiger partial charge on any atom is 0.255 e. The normalized spacial score (nSPS) is 25.3. The summed E-state index contributed by atoms with van der Waals surface area (Å²) >= 11 is 0. The van der Waals surface area contributed by atoms with Crippen LogP contribution in [0.4, 0.5) is 0 Å². The molecule has 0 saturated heterocycles. The predicted octanol–water partition coefficient (Wildman–Crippen LogP) is 2.91. The van der Waals surface area contributed by atoms with Crippen LogP contribution >= 0.6 is 0 Å². The van der Waals surface area contributed by atoms with Crippen molar-refractivity contribution in [3.63, 3.8) is 0 Å². The summed E-state index contributed by atoms with van der Waals surface area (Å²) in [7, 11) is 3.17. The van der Waals surface area contributed by atoms with Gasteiger partial charge in [0.25, 0.3) is 5.91 Å². The molecular weight excluding hydrogens is 624 g/mol. The lowest BCUT2D eigenvalue weighted by Crippen LogP contribution is -2.63. The molecule has 0 bridgehead atoms. The number of nitrogens with two attached hydrogens (primary N) is 1. The van der Waals surface area contributed by atoms with Gasteiger partial charge in [-0.1, -0.05) is 12.1 Å². The first-order valence-corrected chi connectivity index (χ1v) is 15.3. The minimum atomic E-state index is -2.74. The Labute approximate surface area is 273 Å². The molecule has 3 aromatic carbocycles. The average Bonchev–Trinajstić information content (AvgIpc) is 3.71. The molecule has 5 aliphatic rings. The Balaban J connectivity index is 1.35. The number of nitrogens with zero attached hydrogens (tertiary/aromatic N) is 1. The number of rotatable bonds is 4. The Morgan fingerprint density at radius 3 is 2.04 bits per heavy atom. The summed E-state index contributed by atoms with van der Waals surface area (Å²) in [6.07, 6.45) is 0.0876. The molecule has 0 saturated carbocycles. The minimum absolute atomic E-state index is 0.0307. The smallest absolute Gasteiger partial charge is 0.255 e. The number of carbonyl (C=O) groups excluding carboxylic acids is 3. The number of hydrogen-bond donors (Lipinski definition) is 5. The predicted molar refractivity (Wildman–Crippen MR) is 167 cm³/mol. The number of Topliss-reactive ketones (excluding diaryl/α,β-unsaturated/α-hetero) is 2. The summed E-state index contributed by atoms with van der Waals surface area (Å²) in [5, 5.41) is 46.7. The fraction of sp³-hybridized carbons (Fsp3) is 0.286. The van der Waals surface area contributed by atoms with E-state index in [1.807, 2.05) is 6.07 Å². The number of primary amides is 1.